The number of benzene rings is 2. The van der Waals surface area contributed by atoms with Crippen LogP contribution in [-0.4, -0.2) is 18.4 Å². The van der Waals surface area contributed by atoms with E-state index in [1.165, 1.54) is 17.7 Å². The van der Waals surface area contributed by atoms with E-state index in [-0.39, 0.29) is 11.7 Å². The average molecular weight is 342 g/mol. The summed E-state index contributed by atoms with van der Waals surface area (Å²) in [4.78, 5) is 24.4. The maximum atomic E-state index is 13.4. The molecule has 2 amide bonds. The Morgan fingerprint density at radius 2 is 2.00 bits per heavy atom. The van der Waals surface area contributed by atoms with E-state index in [0.29, 0.717) is 12.4 Å². The van der Waals surface area contributed by atoms with Gasteiger partial charge in [0.1, 0.15) is 11.6 Å². The smallest absolute Gasteiger partial charge is 0.313 e. The summed E-state index contributed by atoms with van der Waals surface area (Å²) in [5, 5.41) is 5.15. The number of amides is 2. The standard InChI is InChI=1S/C19H19FN2O3/c1-2-25-17-10-8-13(20)11-16(17)22-19(24)18(23)21-15-9-7-12-5-3-4-6-14(12)15/h3-6,8,10-11,15H,2,7,9H2,1H3,(H,21,23)(H,22,24)/t15-/m0/s1. The van der Waals surface area contributed by atoms with Crippen molar-refractivity contribution in [3.8, 4) is 5.75 Å². The maximum absolute atomic E-state index is 13.4. The van der Waals surface area contributed by atoms with Gasteiger partial charge in [0.2, 0.25) is 0 Å². The van der Waals surface area contributed by atoms with Gasteiger partial charge < -0.3 is 15.4 Å². The number of hydrogen-bond acceptors (Lipinski definition) is 3. The molecule has 3 rings (SSSR count). The highest BCUT2D eigenvalue weighted by atomic mass is 19.1. The van der Waals surface area contributed by atoms with E-state index in [0.717, 1.165) is 24.5 Å². The summed E-state index contributed by atoms with van der Waals surface area (Å²) in [5.74, 6) is -1.82. The van der Waals surface area contributed by atoms with Gasteiger partial charge in [-0.15, -0.1) is 0 Å². The van der Waals surface area contributed by atoms with Crippen molar-refractivity contribution in [1.29, 1.82) is 0 Å². The fraction of sp³-hybridized carbons (Fsp3) is 0.263. The number of halogens is 1. The summed E-state index contributed by atoms with van der Waals surface area (Å²) in [6.07, 6.45) is 1.61. The Hall–Kier alpha value is -2.89. The molecule has 5 nitrogen and oxygen atoms in total. The second-order valence-corrected chi connectivity index (χ2v) is 5.79. The number of ether oxygens (including phenoxy) is 1. The van der Waals surface area contributed by atoms with Crippen molar-refractivity contribution in [2.24, 2.45) is 0 Å². The lowest BCUT2D eigenvalue weighted by atomic mass is 10.1. The van der Waals surface area contributed by atoms with Crippen LogP contribution in [0.15, 0.2) is 42.5 Å². The van der Waals surface area contributed by atoms with Crippen LogP contribution in [0.5, 0.6) is 5.75 Å². The average Bonchev–Trinajstić information content (AvgIpc) is 3.00. The topological polar surface area (TPSA) is 67.4 Å². The zero-order valence-corrected chi connectivity index (χ0v) is 13.8. The number of fused-ring (bicyclic) bond motifs is 1. The third-order valence-electron chi connectivity index (χ3n) is 4.13. The van der Waals surface area contributed by atoms with Crippen molar-refractivity contribution < 1.29 is 18.7 Å². The first kappa shape index (κ1) is 17.0. The van der Waals surface area contributed by atoms with Gasteiger partial charge in [-0.25, -0.2) is 4.39 Å². The Morgan fingerprint density at radius 3 is 2.80 bits per heavy atom. The van der Waals surface area contributed by atoms with Crippen LogP contribution in [0, 0.1) is 5.82 Å². The summed E-state index contributed by atoms with van der Waals surface area (Å²) in [7, 11) is 0. The van der Waals surface area contributed by atoms with Gasteiger partial charge in [-0.2, -0.15) is 0 Å². The van der Waals surface area contributed by atoms with Crippen molar-refractivity contribution in [1.82, 2.24) is 5.32 Å². The third-order valence-corrected chi connectivity index (χ3v) is 4.13. The molecular formula is C19H19FN2O3. The van der Waals surface area contributed by atoms with Crippen LogP contribution >= 0.6 is 0 Å². The van der Waals surface area contributed by atoms with Crippen molar-refractivity contribution in [3.05, 3.63) is 59.4 Å². The van der Waals surface area contributed by atoms with Crippen molar-refractivity contribution in [2.75, 3.05) is 11.9 Å². The molecule has 2 aromatic rings. The fourth-order valence-electron chi connectivity index (χ4n) is 2.99. The Kier molecular flexibility index (Phi) is 4.97. The van der Waals surface area contributed by atoms with E-state index in [1.807, 2.05) is 24.3 Å². The maximum Gasteiger partial charge on any atom is 0.313 e. The van der Waals surface area contributed by atoms with Crippen molar-refractivity contribution in [3.63, 3.8) is 0 Å². The summed E-state index contributed by atoms with van der Waals surface area (Å²) in [6.45, 7) is 2.14. The Morgan fingerprint density at radius 1 is 1.20 bits per heavy atom. The van der Waals surface area contributed by atoms with Gasteiger partial charge >= 0.3 is 11.8 Å². The quantitative estimate of drug-likeness (QED) is 0.840. The van der Waals surface area contributed by atoms with Gasteiger partial charge in [-0.05, 0) is 43.0 Å². The molecule has 0 heterocycles. The summed E-state index contributed by atoms with van der Waals surface area (Å²) >= 11 is 0. The van der Waals surface area contributed by atoms with Gasteiger partial charge in [-0.3, -0.25) is 9.59 Å². The van der Waals surface area contributed by atoms with Gasteiger partial charge in [0.25, 0.3) is 0 Å². The van der Waals surface area contributed by atoms with Crippen LogP contribution in [0.3, 0.4) is 0 Å². The predicted molar refractivity (Wildman–Crippen MR) is 91.8 cm³/mol. The highest BCUT2D eigenvalue weighted by molar-refractivity contribution is 6.39. The molecule has 25 heavy (non-hydrogen) atoms. The minimum atomic E-state index is -0.851. The number of rotatable bonds is 4. The number of hydrogen-bond donors (Lipinski definition) is 2. The lowest BCUT2D eigenvalue weighted by Gasteiger charge is -2.15. The summed E-state index contributed by atoms with van der Waals surface area (Å²) < 4.78 is 18.8. The zero-order valence-electron chi connectivity index (χ0n) is 13.8. The lowest BCUT2D eigenvalue weighted by Crippen LogP contribution is -2.37. The molecule has 0 unspecified atom stereocenters. The third kappa shape index (κ3) is 3.79. The first-order chi connectivity index (χ1) is 12.1. The normalized spacial score (nSPS) is 15.4. The lowest BCUT2D eigenvalue weighted by molar-refractivity contribution is -0.136. The second-order valence-electron chi connectivity index (χ2n) is 5.79. The first-order valence-corrected chi connectivity index (χ1v) is 8.20. The SMILES string of the molecule is CCOc1ccc(F)cc1NC(=O)C(=O)N[C@H]1CCc2ccccc21. The number of nitrogens with one attached hydrogen (secondary N) is 2. The number of carbonyl (C=O) groups excluding carboxylic acids is 2. The van der Waals surface area contributed by atoms with Crippen molar-refractivity contribution in [2.45, 2.75) is 25.8 Å². The van der Waals surface area contributed by atoms with Gasteiger partial charge in [-0.1, -0.05) is 24.3 Å². The Labute approximate surface area is 145 Å². The van der Waals surface area contributed by atoms with Crippen LogP contribution in [0.25, 0.3) is 0 Å². The highest BCUT2D eigenvalue weighted by Gasteiger charge is 2.26. The van der Waals surface area contributed by atoms with E-state index in [2.05, 4.69) is 10.6 Å². The van der Waals surface area contributed by atoms with E-state index in [9.17, 15) is 14.0 Å². The largest absolute Gasteiger partial charge is 0.492 e. The second kappa shape index (κ2) is 7.34. The summed E-state index contributed by atoms with van der Waals surface area (Å²) in [6, 6.07) is 11.4. The molecule has 1 atom stereocenters. The molecule has 0 bridgehead atoms. The number of aryl methyl sites for hydroxylation is 1. The molecule has 0 spiro atoms. The van der Waals surface area contributed by atoms with E-state index < -0.39 is 17.6 Å². The van der Waals surface area contributed by atoms with Crippen LogP contribution in [-0.2, 0) is 16.0 Å². The van der Waals surface area contributed by atoms with Crippen molar-refractivity contribution >= 4 is 17.5 Å². The van der Waals surface area contributed by atoms with Crippen LogP contribution in [0.2, 0.25) is 0 Å². The molecule has 0 radical (unpaired) electrons. The first-order valence-electron chi connectivity index (χ1n) is 8.20. The Balaban J connectivity index is 1.68. The molecule has 6 heteroatoms. The molecule has 2 N–H and O–H groups in total. The minimum Gasteiger partial charge on any atom is -0.492 e. The molecule has 1 aliphatic rings. The molecule has 0 saturated carbocycles. The molecule has 0 aliphatic heterocycles. The number of anilines is 1. The summed E-state index contributed by atoms with van der Waals surface area (Å²) in [5.41, 5.74) is 2.34. The monoisotopic (exact) mass is 342 g/mol. The van der Waals surface area contributed by atoms with E-state index in [4.69, 9.17) is 4.74 Å². The van der Waals surface area contributed by atoms with Crippen LogP contribution < -0.4 is 15.4 Å². The fourth-order valence-corrected chi connectivity index (χ4v) is 2.99. The van der Waals surface area contributed by atoms with Gasteiger partial charge in [0.05, 0.1) is 18.3 Å². The highest BCUT2D eigenvalue weighted by Crippen LogP contribution is 2.30. The molecule has 0 aromatic heterocycles. The minimum absolute atomic E-state index is 0.133. The van der Waals surface area contributed by atoms with Gasteiger partial charge in [0.15, 0.2) is 0 Å². The predicted octanol–water partition coefficient (Wildman–Crippen LogP) is 2.97. The van der Waals surface area contributed by atoms with Gasteiger partial charge in [0, 0.05) is 6.07 Å². The van der Waals surface area contributed by atoms with E-state index in [1.54, 1.807) is 6.92 Å². The zero-order chi connectivity index (χ0) is 17.8. The van der Waals surface area contributed by atoms with E-state index >= 15 is 0 Å². The molecule has 2 aromatic carbocycles. The number of carbonyl (C=O) groups is 2. The van der Waals surface area contributed by atoms with Crippen LogP contribution in [0.1, 0.15) is 30.5 Å². The van der Waals surface area contributed by atoms with Crippen LogP contribution in [0.4, 0.5) is 10.1 Å². The molecule has 1 aliphatic carbocycles. The Bertz CT molecular complexity index is 807. The molecule has 0 saturated heterocycles. The molecule has 130 valence electrons. The molecule has 0 fully saturated rings. The molecular weight excluding hydrogens is 323 g/mol.